The minimum absolute atomic E-state index is 0.245. The second kappa shape index (κ2) is 8.57. The fourth-order valence-electron chi connectivity index (χ4n) is 2.36. The van der Waals surface area contributed by atoms with Gasteiger partial charge in [-0.05, 0) is 42.0 Å². The minimum Gasteiger partial charge on any atom is -0.497 e. The SMILES string of the molecule is COc1cccc(NC(=O)NCc2ccc(NC(=O)c3ccco3)cc2)c1. The molecule has 0 saturated heterocycles. The van der Waals surface area contributed by atoms with E-state index < -0.39 is 0 Å². The van der Waals surface area contributed by atoms with Gasteiger partial charge in [0.2, 0.25) is 0 Å². The van der Waals surface area contributed by atoms with E-state index in [1.165, 1.54) is 6.26 Å². The topological polar surface area (TPSA) is 92.6 Å². The summed E-state index contributed by atoms with van der Waals surface area (Å²) in [6.07, 6.45) is 1.44. The van der Waals surface area contributed by atoms with E-state index in [-0.39, 0.29) is 17.7 Å². The van der Waals surface area contributed by atoms with Crippen LogP contribution in [0.2, 0.25) is 0 Å². The van der Waals surface area contributed by atoms with E-state index in [4.69, 9.17) is 9.15 Å². The molecule has 7 nitrogen and oxygen atoms in total. The second-order valence-corrected chi connectivity index (χ2v) is 5.67. The van der Waals surface area contributed by atoms with Crippen LogP contribution < -0.4 is 20.7 Å². The Labute approximate surface area is 156 Å². The number of hydrogen-bond donors (Lipinski definition) is 3. The molecule has 2 aromatic carbocycles. The molecule has 0 radical (unpaired) electrons. The van der Waals surface area contributed by atoms with Gasteiger partial charge in [0.05, 0.1) is 13.4 Å². The van der Waals surface area contributed by atoms with Crippen molar-refractivity contribution in [2.75, 3.05) is 17.7 Å². The first-order valence-electron chi connectivity index (χ1n) is 8.27. The summed E-state index contributed by atoms with van der Waals surface area (Å²) in [6.45, 7) is 0.349. The van der Waals surface area contributed by atoms with E-state index in [9.17, 15) is 9.59 Å². The van der Waals surface area contributed by atoms with Crippen molar-refractivity contribution in [3.63, 3.8) is 0 Å². The Hall–Kier alpha value is -3.74. The van der Waals surface area contributed by atoms with E-state index in [0.717, 1.165) is 5.56 Å². The smallest absolute Gasteiger partial charge is 0.319 e. The summed E-state index contributed by atoms with van der Waals surface area (Å²) in [4.78, 5) is 23.9. The van der Waals surface area contributed by atoms with Gasteiger partial charge in [-0.2, -0.15) is 0 Å². The highest BCUT2D eigenvalue weighted by Gasteiger charge is 2.08. The summed E-state index contributed by atoms with van der Waals surface area (Å²) in [5.74, 6) is 0.596. The van der Waals surface area contributed by atoms with E-state index in [1.807, 2.05) is 12.1 Å². The molecule has 138 valence electrons. The first-order valence-corrected chi connectivity index (χ1v) is 8.27. The Morgan fingerprint density at radius 3 is 2.48 bits per heavy atom. The van der Waals surface area contributed by atoms with Crippen LogP contribution in [-0.4, -0.2) is 19.0 Å². The van der Waals surface area contributed by atoms with E-state index in [0.29, 0.717) is 23.7 Å². The molecule has 0 saturated carbocycles. The predicted molar refractivity (Wildman–Crippen MR) is 102 cm³/mol. The van der Waals surface area contributed by atoms with Crippen LogP contribution in [-0.2, 0) is 6.54 Å². The number of furan rings is 1. The Balaban J connectivity index is 1.49. The number of urea groups is 1. The van der Waals surface area contributed by atoms with Gasteiger partial charge in [-0.3, -0.25) is 4.79 Å². The van der Waals surface area contributed by atoms with Crippen LogP contribution in [0.5, 0.6) is 5.75 Å². The molecule has 0 aliphatic carbocycles. The molecular weight excluding hydrogens is 346 g/mol. The zero-order valence-electron chi connectivity index (χ0n) is 14.7. The van der Waals surface area contributed by atoms with E-state index in [2.05, 4.69) is 16.0 Å². The normalized spacial score (nSPS) is 10.1. The Morgan fingerprint density at radius 2 is 1.78 bits per heavy atom. The van der Waals surface area contributed by atoms with Gasteiger partial charge in [0.25, 0.3) is 5.91 Å². The maximum atomic E-state index is 12.0. The highest BCUT2D eigenvalue weighted by molar-refractivity contribution is 6.02. The standard InChI is InChI=1S/C20H19N3O4/c1-26-17-5-2-4-16(12-17)23-20(25)21-13-14-7-9-15(10-8-14)22-19(24)18-6-3-11-27-18/h2-12H,13H2,1H3,(H,22,24)(H2,21,23,25). The molecule has 0 aliphatic heterocycles. The largest absolute Gasteiger partial charge is 0.497 e. The van der Waals surface area contributed by atoms with Crippen molar-refractivity contribution >= 4 is 23.3 Å². The lowest BCUT2D eigenvalue weighted by Gasteiger charge is -2.09. The van der Waals surface area contributed by atoms with Gasteiger partial charge in [0, 0.05) is 24.0 Å². The van der Waals surface area contributed by atoms with Crippen LogP contribution in [0.1, 0.15) is 16.1 Å². The molecular formula is C20H19N3O4. The van der Waals surface area contributed by atoms with Crippen molar-refractivity contribution < 1.29 is 18.7 Å². The molecule has 0 fully saturated rings. The second-order valence-electron chi connectivity index (χ2n) is 5.67. The van der Waals surface area contributed by atoms with Crippen molar-refractivity contribution in [2.24, 2.45) is 0 Å². The molecule has 3 N–H and O–H groups in total. The van der Waals surface area contributed by atoms with Gasteiger partial charge < -0.3 is 25.1 Å². The third kappa shape index (κ3) is 5.12. The maximum absolute atomic E-state index is 12.0. The number of anilines is 2. The highest BCUT2D eigenvalue weighted by atomic mass is 16.5. The van der Waals surface area contributed by atoms with Gasteiger partial charge in [0.15, 0.2) is 5.76 Å². The maximum Gasteiger partial charge on any atom is 0.319 e. The molecule has 7 heteroatoms. The highest BCUT2D eigenvalue weighted by Crippen LogP contribution is 2.16. The first-order chi connectivity index (χ1) is 13.1. The number of amides is 3. The quantitative estimate of drug-likeness (QED) is 0.618. The third-order valence-electron chi connectivity index (χ3n) is 3.74. The minimum atomic E-state index is -0.321. The number of methoxy groups -OCH3 is 1. The number of benzene rings is 2. The van der Waals surface area contributed by atoms with Crippen molar-refractivity contribution in [3.8, 4) is 5.75 Å². The number of rotatable bonds is 6. The predicted octanol–water partition coefficient (Wildman–Crippen LogP) is 3.86. The number of carbonyl (C=O) groups is 2. The molecule has 0 atom stereocenters. The molecule has 0 spiro atoms. The lowest BCUT2D eigenvalue weighted by Crippen LogP contribution is -2.28. The van der Waals surface area contributed by atoms with Crippen LogP contribution in [0.25, 0.3) is 0 Å². The van der Waals surface area contributed by atoms with Crippen LogP contribution >= 0.6 is 0 Å². The summed E-state index contributed by atoms with van der Waals surface area (Å²) >= 11 is 0. The number of nitrogens with one attached hydrogen (secondary N) is 3. The van der Waals surface area contributed by atoms with Gasteiger partial charge >= 0.3 is 6.03 Å². The van der Waals surface area contributed by atoms with Gasteiger partial charge in [0.1, 0.15) is 5.75 Å². The lowest BCUT2D eigenvalue weighted by molar-refractivity contribution is 0.0996. The molecule has 0 aliphatic rings. The zero-order valence-corrected chi connectivity index (χ0v) is 14.7. The molecule has 0 unspecified atom stereocenters. The van der Waals surface area contributed by atoms with Gasteiger partial charge in [-0.25, -0.2) is 4.79 Å². The molecule has 3 amide bonds. The molecule has 3 aromatic rings. The molecule has 1 aromatic heterocycles. The van der Waals surface area contributed by atoms with Crippen molar-refractivity contribution in [1.29, 1.82) is 0 Å². The Bertz CT molecular complexity index is 905. The summed E-state index contributed by atoms with van der Waals surface area (Å²) in [7, 11) is 1.57. The summed E-state index contributed by atoms with van der Waals surface area (Å²) in [5, 5.41) is 8.25. The average molecular weight is 365 g/mol. The lowest BCUT2D eigenvalue weighted by atomic mass is 10.2. The summed E-state index contributed by atoms with van der Waals surface area (Å²) < 4.78 is 10.2. The number of hydrogen-bond acceptors (Lipinski definition) is 4. The number of carbonyl (C=O) groups excluding carboxylic acids is 2. The molecule has 1 heterocycles. The van der Waals surface area contributed by atoms with Gasteiger partial charge in [-0.1, -0.05) is 18.2 Å². The van der Waals surface area contributed by atoms with Crippen molar-refractivity contribution in [2.45, 2.75) is 6.54 Å². The van der Waals surface area contributed by atoms with Crippen LogP contribution in [0.15, 0.2) is 71.3 Å². The van der Waals surface area contributed by atoms with Crippen LogP contribution in [0, 0.1) is 0 Å². The molecule has 27 heavy (non-hydrogen) atoms. The fourth-order valence-corrected chi connectivity index (χ4v) is 2.36. The van der Waals surface area contributed by atoms with E-state index >= 15 is 0 Å². The van der Waals surface area contributed by atoms with Crippen molar-refractivity contribution in [3.05, 3.63) is 78.3 Å². The summed E-state index contributed by atoms with van der Waals surface area (Å²) in [5.41, 5.74) is 2.18. The monoisotopic (exact) mass is 365 g/mol. The molecule has 3 rings (SSSR count). The van der Waals surface area contributed by atoms with Gasteiger partial charge in [-0.15, -0.1) is 0 Å². The van der Waals surface area contributed by atoms with E-state index in [1.54, 1.807) is 55.6 Å². The zero-order chi connectivity index (χ0) is 19.1. The Morgan fingerprint density at radius 1 is 0.963 bits per heavy atom. The Kier molecular flexibility index (Phi) is 5.73. The average Bonchev–Trinajstić information content (AvgIpc) is 3.22. The molecule has 0 bridgehead atoms. The third-order valence-corrected chi connectivity index (χ3v) is 3.74. The van der Waals surface area contributed by atoms with Crippen molar-refractivity contribution in [1.82, 2.24) is 5.32 Å². The number of ether oxygens (including phenoxy) is 1. The van der Waals surface area contributed by atoms with Crippen LogP contribution in [0.4, 0.5) is 16.2 Å². The summed E-state index contributed by atoms with van der Waals surface area (Å²) in [6, 6.07) is 17.2. The first kappa shape index (κ1) is 18.1. The van der Waals surface area contributed by atoms with Crippen LogP contribution in [0.3, 0.4) is 0 Å². The fraction of sp³-hybridized carbons (Fsp3) is 0.100.